The van der Waals surface area contributed by atoms with E-state index in [1.54, 1.807) is 7.11 Å². The molecule has 2 N–H and O–H groups in total. The summed E-state index contributed by atoms with van der Waals surface area (Å²) in [5.74, 6) is 1.26. The molecule has 0 spiro atoms. The molecule has 2 rings (SSSR count). The predicted octanol–water partition coefficient (Wildman–Crippen LogP) is 3.19. The van der Waals surface area contributed by atoms with Gasteiger partial charge in [0.1, 0.15) is 0 Å². The molecule has 1 aliphatic rings. The molecule has 118 valence electrons. The second kappa shape index (κ2) is 7.87. The summed E-state index contributed by atoms with van der Waals surface area (Å²) in [6, 6.07) is 3.92. The third-order valence-electron chi connectivity index (χ3n) is 3.56. The molecule has 1 fully saturated rings. The Bertz CT molecular complexity index is 459. The van der Waals surface area contributed by atoms with Crippen molar-refractivity contribution in [3.8, 4) is 11.5 Å². The fraction of sp³-hybridized carbons (Fsp3) is 0.625. The molecule has 1 aromatic carbocycles. The first-order valence-electron chi connectivity index (χ1n) is 7.46. The van der Waals surface area contributed by atoms with Gasteiger partial charge in [-0.1, -0.05) is 11.6 Å². The number of rotatable bonds is 7. The monoisotopic (exact) mass is 313 g/mol. The molecule has 21 heavy (non-hydrogen) atoms. The molecule has 0 amide bonds. The molecule has 2 unspecified atom stereocenters. The summed E-state index contributed by atoms with van der Waals surface area (Å²) in [7, 11) is 1.62. The Balaban J connectivity index is 2.00. The summed E-state index contributed by atoms with van der Waals surface area (Å²) in [5, 5.41) is 0.567. The average molecular weight is 314 g/mol. The summed E-state index contributed by atoms with van der Waals surface area (Å²) in [5.41, 5.74) is 6.88. The Morgan fingerprint density at radius 3 is 2.90 bits per heavy atom. The summed E-state index contributed by atoms with van der Waals surface area (Å²) in [6.45, 7) is 3.40. The topological polar surface area (TPSA) is 53.7 Å². The minimum atomic E-state index is 0.0806. The van der Waals surface area contributed by atoms with Gasteiger partial charge in [0.05, 0.1) is 24.8 Å². The van der Waals surface area contributed by atoms with Crippen LogP contribution in [0.2, 0.25) is 5.02 Å². The molecular formula is C16H24ClNO3. The molecule has 0 bridgehead atoms. The van der Waals surface area contributed by atoms with Crippen molar-refractivity contribution in [2.45, 2.75) is 44.8 Å². The van der Waals surface area contributed by atoms with Crippen LogP contribution in [-0.4, -0.2) is 32.5 Å². The van der Waals surface area contributed by atoms with Crippen molar-refractivity contribution in [3.63, 3.8) is 0 Å². The van der Waals surface area contributed by atoms with Gasteiger partial charge in [0, 0.05) is 19.1 Å². The molecule has 4 nitrogen and oxygen atoms in total. The van der Waals surface area contributed by atoms with E-state index >= 15 is 0 Å². The van der Waals surface area contributed by atoms with Crippen molar-refractivity contribution in [1.29, 1.82) is 0 Å². The molecule has 0 radical (unpaired) electrons. The van der Waals surface area contributed by atoms with Gasteiger partial charge >= 0.3 is 0 Å². The highest BCUT2D eigenvalue weighted by Crippen LogP contribution is 2.37. The van der Waals surface area contributed by atoms with Gasteiger partial charge in [0.25, 0.3) is 0 Å². The molecule has 0 aromatic heterocycles. The molecular weight excluding hydrogens is 290 g/mol. The van der Waals surface area contributed by atoms with E-state index in [0.29, 0.717) is 29.2 Å². The van der Waals surface area contributed by atoms with Crippen molar-refractivity contribution >= 4 is 11.6 Å². The van der Waals surface area contributed by atoms with Crippen LogP contribution in [0, 0.1) is 0 Å². The van der Waals surface area contributed by atoms with Gasteiger partial charge in [-0.2, -0.15) is 0 Å². The van der Waals surface area contributed by atoms with E-state index in [4.69, 9.17) is 31.5 Å². The fourth-order valence-corrected chi connectivity index (χ4v) is 2.86. The van der Waals surface area contributed by atoms with Gasteiger partial charge < -0.3 is 19.9 Å². The van der Waals surface area contributed by atoms with E-state index in [0.717, 1.165) is 37.9 Å². The van der Waals surface area contributed by atoms with Gasteiger partial charge in [0.15, 0.2) is 11.5 Å². The molecule has 0 aliphatic carbocycles. The maximum Gasteiger partial charge on any atom is 0.179 e. The fourth-order valence-electron chi connectivity index (χ4n) is 2.57. The first-order chi connectivity index (χ1) is 10.1. The lowest BCUT2D eigenvalue weighted by Gasteiger charge is -2.16. The van der Waals surface area contributed by atoms with Crippen LogP contribution in [0.1, 0.15) is 31.7 Å². The van der Waals surface area contributed by atoms with Gasteiger partial charge in [-0.25, -0.2) is 0 Å². The number of methoxy groups -OCH3 is 1. The van der Waals surface area contributed by atoms with E-state index in [1.165, 1.54) is 0 Å². The van der Waals surface area contributed by atoms with Crippen LogP contribution >= 0.6 is 11.6 Å². The number of ether oxygens (including phenoxy) is 3. The van der Waals surface area contributed by atoms with E-state index < -0.39 is 0 Å². The highest BCUT2D eigenvalue weighted by molar-refractivity contribution is 6.32. The Morgan fingerprint density at radius 2 is 2.29 bits per heavy atom. The zero-order valence-corrected chi connectivity index (χ0v) is 13.5. The van der Waals surface area contributed by atoms with Gasteiger partial charge in [0.2, 0.25) is 0 Å². The van der Waals surface area contributed by atoms with Crippen LogP contribution in [0.4, 0.5) is 0 Å². The zero-order chi connectivity index (χ0) is 15.2. The van der Waals surface area contributed by atoms with Crippen molar-refractivity contribution < 1.29 is 14.2 Å². The van der Waals surface area contributed by atoms with Crippen LogP contribution in [-0.2, 0) is 11.2 Å². The van der Waals surface area contributed by atoms with Gasteiger partial charge in [-0.05, 0) is 43.9 Å². The van der Waals surface area contributed by atoms with Crippen LogP contribution in [0.5, 0.6) is 11.5 Å². The van der Waals surface area contributed by atoms with E-state index in [1.807, 2.05) is 19.1 Å². The minimum Gasteiger partial charge on any atom is -0.493 e. The Labute approximate surface area is 131 Å². The predicted molar refractivity (Wildman–Crippen MR) is 84.4 cm³/mol. The van der Waals surface area contributed by atoms with Crippen molar-refractivity contribution in [2.24, 2.45) is 5.73 Å². The molecule has 1 aromatic rings. The Morgan fingerprint density at radius 1 is 1.48 bits per heavy atom. The lowest BCUT2D eigenvalue weighted by Crippen LogP contribution is -2.17. The Hall–Kier alpha value is -0.970. The van der Waals surface area contributed by atoms with Crippen molar-refractivity contribution in [2.75, 3.05) is 20.3 Å². The number of benzene rings is 1. The number of halogens is 1. The van der Waals surface area contributed by atoms with Crippen LogP contribution in [0.3, 0.4) is 0 Å². The smallest absolute Gasteiger partial charge is 0.179 e. The lowest BCUT2D eigenvalue weighted by atomic mass is 10.1. The summed E-state index contributed by atoms with van der Waals surface area (Å²) >= 11 is 6.32. The summed E-state index contributed by atoms with van der Waals surface area (Å²) in [4.78, 5) is 0. The second-order valence-electron chi connectivity index (χ2n) is 5.56. The maximum absolute atomic E-state index is 6.32. The van der Waals surface area contributed by atoms with Crippen LogP contribution < -0.4 is 15.2 Å². The van der Waals surface area contributed by atoms with Crippen LogP contribution in [0.15, 0.2) is 12.1 Å². The van der Waals surface area contributed by atoms with Crippen molar-refractivity contribution in [3.05, 3.63) is 22.7 Å². The van der Waals surface area contributed by atoms with Crippen LogP contribution in [0.25, 0.3) is 0 Å². The van der Waals surface area contributed by atoms with E-state index in [9.17, 15) is 0 Å². The normalized spacial score (nSPS) is 19.5. The third kappa shape index (κ3) is 4.77. The maximum atomic E-state index is 6.32. The first-order valence-corrected chi connectivity index (χ1v) is 7.84. The highest BCUT2D eigenvalue weighted by atomic mass is 35.5. The second-order valence-corrected chi connectivity index (χ2v) is 5.97. The largest absolute Gasteiger partial charge is 0.493 e. The molecule has 2 atom stereocenters. The first kappa shape index (κ1) is 16.4. The molecule has 0 saturated carbocycles. The summed E-state index contributed by atoms with van der Waals surface area (Å²) < 4.78 is 16.8. The average Bonchev–Trinajstić information content (AvgIpc) is 2.93. The third-order valence-corrected chi connectivity index (χ3v) is 3.84. The number of hydrogen-bond donors (Lipinski definition) is 1. The quantitative estimate of drug-likeness (QED) is 0.840. The van der Waals surface area contributed by atoms with Crippen molar-refractivity contribution in [1.82, 2.24) is 0 Å². The number of hydrogen-bond acceptors (Lipinski definition) is 4. The highest BCUT2D eigenvalue weighted by Gasteiger charge is 2.17. The minimum absolute atomic E-state index is 0.0806. The van der Waals surface area contributed by atoms with Gasteiger partial charge in [-0.15, -0.1) is 0 Å². The molecule has 5 heteroatoms. The number of nitrogens with two attached hydrogens (primary N) is 1. The van der Waals surface area contributed by atoms with E-state index in [2.05, 4.69) is 0 Å². The van der Waals surface area contributed by atoms with Gasteiger partial charge in [-0.3, -0.25) is 0 Å². The molecule has 1 saturated heterocycles. The molecule has 1 heterocycles. The lowest BCUT2D eigenvalue weighted by molar-refractivity contribution is 0.0899. The molecule has 1 aliphatic heterocycles. The Kier molecular flexibility index (Phi) is 6.15. The SMILES string of the molecule is COc1cc(CC(C)N)cc(Cl)c1OCCC1CCCO1. The summed E-state index contributed by atoms with van der Waals surface area (Å²) in [6.07, 6.45) is 4.20. The zero-order valence-electron chi connectivity index (χ0n) is 12.7. The standard InChI is InChI=1S/C16H24ClNO3/c1-11(18)8-12-9-14(17)16(15(10-12)19-2)21-7-5-13-4-3-6-20-13/h9-11,13H,3-8,18H2,1-2H3. The van der Waals surface area contributed by atoms with E-state index in [-0.39, 0.29) is 6.04 Å².